The fourth-order valence-corrected chi connectivity index (χ4v) is 11.3. The number of anilines is 1. The lowest BCUT2D eigenvalue weighted by molar-refractivity contribution is -0.118. The highest BCUT2D eigenvalue weighted by molar-refractivity contribution is 7.15. The molecule has 6 rings (SSSR count). The number of aliphatic hydroxyl groups excluding tert-OH is 1. The van der Waals surface area contributed by atoms with Crippen LogP contribution in [0.1, 0.15) is 61.1 Å². The Hall–Kier alpha value is -2.43. The highest BCUT2D eigenvalue weighted by atomic mass is 35.5. The van der Waals surface area contributed by atoms with Gasteiger partial charge in [0.2, 0.25) is 12.7 Å². The summed E-state index contributed by atoms with van der Waals surface area (Å²) in [5, 5.41) is 16.1. The molecular formula is C31H38ClN3O4SSi. The number of likely N-dealkylation sites (tertiary alicyclic amines) is 1. The van der Waals surface area contributed by atoms with Crippen LogP contribution in [0.2, 0.25) is 29.7 Å². The molecule has 0 radical (unpaired) electrons. The number of ether oxygens (including phenoxy) is 2. The number of fused-ring (bicyclic) bond motifs is 1. The molecule has 0 spiro atoms. The molecule has 1 amide bonds. The maximum atomic E-state index is 13.6. The highest BCUT2D eigenvalue weighted by Gasteiger charge is 2.52. The Labute approximate surface area is 251 Å². The Kier molecular flexibility index (Phi) is 7.93. The molecule has 2 aliphatic heterocycles. The van der Waals surface area contributed by atoms with Crippen molar-refractivity contribution in [3.8, 4) is 11.5 Å². The number of hydrogen-bond donors (Lipinski definition) is 2. The third kappa shape index (κ3) is 5.43. The second kappa shape index (κ2) is 11.3. The van der Waals surface area contributed by atoms with Crippen molar-refractivity contribution >= 4 is 42.1 Å². The third-order valence-electron chi connectivity index (χ3n) is 9.23. The normalized spacial score (nSPS) is 22.1. The fraction of sp³-hybridized carbons (Fsp3) is 0.484. The molecule has 2 aromatic carbocycles. The molecule has 2 N–H and O–H groups in total. The first-order valence-electron chi connectivity index (χ1n) is 14.6. The minimum Gasteiger partial charge on any atom is -0.454 e. The molecule has 3 aromatic rings. The van der Waals surface area contributed by atoms with E-state index in [1.807, 2.05) is 48.7 Å². The number of benzene rings is 2. The molecule has 3 aliphatic rings. The summed E-state index contributed by atoms with van der Waals surface area (Å²) in [6.45, 7) is 8.06. The number of nitrogens with one attached hydrogen (secondary N) is 1. The van der Waals surface area contributed by atoms with E-state index >= 15 is 0 Å². The van der Waals surface area contributed by atoms with Crippen LogP contribution in [-0.4, -0.2) is 48.5 Å². The Bertz CT molecular complexity index is 1430. The number of unbranched alkanes of at least 4 members (excludes halogenated alkanes) is 1. The van der Waals surface area contributed by atoms with Gasteiger partial charge in [-0.2, -0.15) is 0 Å². The Morgan fingerprint density at radius 3 is 2.78 bits per heavy atom. The standard InChI is InChI=1S/C31H38ClN3O4SSi/c1-4-5-16-41(2,3)26-12-15-35(28(26)36)27(21-8-6-7-9-22(21)32)25-18-33-30(40-25)34-29(37)31(13-14-31)20-10-11-23-24(17-20)39-19-38-23/h6-11,17-18,26-28,36H,4-5,12-16,19H2,1-3H3,(H,33,34,37)/t26-,27?,28-/m1/s1. The molecule has 1 aromatic heterocycles. The second-order valence-corrected chi connectivity index (χ2v) is 18.9. The summed E-state index contributed by atoms with van der Waals surface area (Å²) >= 11 is 8.21. The summed E-state index contributed by atoms with van der Waals surface area (Å²) < 4.78 is 11.0. The summed E-state index contributed by atoms with van der Waals surface area (Å²) in [4.78, 5) is 21.3. The zero-order chi connectivity index (χ0) is 28.8. The Morgan fingerprint density at radius 1 is 1.24 bits per heavy atom. The van der Waals surface area contributed by atoms with Crippen LogP contribution in [0.3, 0.4) is 0 Å². The molecule has 218 valence electrons. The molecule has 1 aliphatic carbocycles. The predicted molar refractivity (Wildman–Crippen MR) is 166 cm³/mol. The summed E-state index contributed by atoms with van der Waals surface area (Å²) in [7, 11) is -1.64. The van der Waals surface area contributed by atoms with Crippen molar-refractivity contribution in [3.63, 3.8) is 0 Å². The lowest BCUT2D eigenvalue weighted by atomic mass is 9.94. The second-order valence-electron chi connectivity index (χ2n) is 12.2. The van der Waals surface area contributed by atoms with E-state index in [-0.39, 0.29) is 18.7 Å². The molecule has 1 unspecified atom stereocenters. The molecule has 41 heavy (non-hydrogen) atoms. The average Bonchev–Trinajstić information content (AvgIpc) is 3.23. The largest absolute Gasteiger partial charge is 0.454 e. The van der Waals surface area contributed by atoms with Gasteiger partial charge in [-0.1, -0.05) is 86.1 Å². The van der Waals surface area contributed by atoms with E-state index in [1.165, 1.54) is 30.2 Å². The highest BCUT2D eigenvalue weighted by Crippen LogP contribution is 2.52. The number of aliphatic hydroxyl groups is 1. The van der Waals surface area contributed by atoms with E-state index in [0.717, 1.165) is 41.8 Å². The van der Waals surface area contributed by atoms with Gasteiger partial charge in [0.25, 0.3) is 0 Å². The molecular weight excluding hydrogens is 574 g/mol. The number of rotatable bonds is 10. The molecule has 2 fully saturated rings. The molecule has 1 saturated heterocycles. The van der Waals surface area contributed by atoms with E-state index in [1.54, 1.807) is 0 Å². The van der Waals surface area contributed by atoms with Crippen LogP contribution < -0.4 is 14.8 Å². The summed E-state index contributed by atoms with van der Waals surface area (Å²) in [6, 6.07) is 14.6. The van der Waals surface area contributed by atoms with Crippen LogP contribution in [0.4, 0.5) is 5.13 Å². The number of aromatic nitrogens is 1. The Morgan fingerprint density at radius 2 is 2.02 bits per heavy atom. The van der Waals surface area contributed by atoms with Gasteiger partial charge in [0.05, 0.1) is 19.5 Å². The van der Waals surface area contributed by atoms with Crippen molar-refractivity contribution in [2.45, 2.75) is 81.4 Å². The van der Waals surface area contributed by atoms with Gasteiger partial charge in [0, 0.05) is 22.6 Å². The number of amides is 1. The lowest BCUT2D eigenvalue weighted by Gasteiger charge is -2.36. The summed E-state index contributed by atoms with van der Waals surface area (Å²) in [6.07, 6.45) is 6.20. The third-order valence-corrected chi connectivity index (χ3v) is 14.8. The summed E-state index contributed by atoms with van der Waals surface area (Å²) in [5.41, 5.74) is 1.60. The predicted octanol–water partition coefficient (Wildman–Crippen LogP) is 7.19. The van der Waals surface area contributed by atoms with E-state index in [9.17, 15) is 9.90 Å². The van der Waals surface area contributed by atoms with Crippen molar-refractivity contribution in [1.29, 1.82) is 0 Å². The van der Waals surface area contributed by atoms with Crippen molar-refractivity contribution in [2.24, 2.45) is 0 Å². The van der Waals surface area contributed by atoms with E-state index in [2.05, 4.69) is 35.2 Å². The van der Waals surface area contributed by atoms with Crippen LogP contribution in [0, 0.1) is 0 Å². The molecule has 3 heterocycles. The van der Waals surface area contributed by atoms with Crippen molar-refractivity contribution in [1.82, 2.24) is 9.88 Å². The fourth-order valence-electron chi connectivity index (χ4n) is 6.54. The Balaban J connectivity index is 1.25. The molecule has 10 heteroatoms. The van der Waals surface area contributed by atoms with Gasteiger partial charge < -0.3 is 19.9 Å². The number of carbonyl (C=O) groups is 1. The van der Waals surface area contributed by atoms with Crippen LogP contribution in [0.15, 0.2) is 48.7 Å². The maximum Gasteiger partial charge on any atom is 0.236 e. The lowest BCUT2D eigenvalue weighted by Crippen LogP contribution is -2.42. The topological polar surface area (TPSA) is 83.9 Å². The minimum atomic E-state index is -1.64. The quantitative estimate of drug-likeness (QED) is 0.236. The molecule has 3 atom stereocenters. The number of thiazole rings is 1. The van der Waals surface area contributed by atoms with Crippen LogP contribution in [0.5, 0.6) is 11.5 Å². The van der Waals surface area contributed by atoms with Crippen LogP contribution in [0.25, 0.3) is 0 Å². The SMILES string of the molecule is CCCC[Si](C)(C)[C@@H]1CCN(C(c2cnc(NC(=O)C3(c4ccc5c(c4)OCO5)CC3)s2)c2ccccc2Cl)[C@@H]1O. The zero-order valence-electron chi connectivity index (χ0n) is 23.9. The van der Waals surface area contributed by atoms with Gasteiger partial charge >= 0.3 is 0 Å². The van der Waals surface area contributed by atoms with E-state index in [4.69, 9.17) is 21.1 Å². The molecule has 0 bridgehead atoms. The number of hydrogen-bond acceptors (Lipinski definition) is 7. The monoisotopic (exact) mass is 611 g/mol. The maximum absolute atomic E-state index is 13.6. The smallest absolute Gasteiger partial charge is 0.236 e. The zero-order valence-corrected chi connectivity index (χ0v) is 26.4. The van der Waals surface area contributed by atoms with E-state index in [0.29, 0.717) is 27.2 Å². The van der Waals surface area contributed by atoms with Gasteiger partial charge in [-0.3, -0.25) is 9.69 Å². The van der Waals surface area contributed by atoms with Gasteiger partial charge in [0.1, 0.15) is 6.23 Å². The van der Waals surface area contributed by atoms with Crippen LogP contribution >= 0.6 is 22.9 Å². The van der Waals surface area contributed by atoms with Crippen molar-refractivity contribution in [3.05, 3.63) is 69.7 Å². The van der Waals surface area contributed by atoms with Gasteiger partial charge in [-0.25, -0.2) is 4.98 Å². The van der Waals surface area contributed by atoms with Gasteiger partial charge in [0.15, 0.2) is 16.6 Å². The van der Waals surface area contributed by atoms with Gasteiger partial charge in [-0.15, -0.1) is 0 Å². The molecule has 1 saturated carbocycles. The summed E-state index contributed by atoms with van der Waals surface area (Å²) in [5.74, 6) is 1.34. The minimum absolute atomic E-state index is 0.0588. The van der Waals surface area contributed by atoms with Crippen molar-refractivity contribution in [2.75, 3.05) is 18.7 Å². The average molecular weight is 612 g/mol. The van der Waals surface area contributed by atoms with Crippen molar-refractivity contribution < 1.29 is 19.4 Å². The first-order valence-corrected chi connectivity index (χ1v) is 19.1. The molecule has 7 nitrogen and oxygen atoms in total. The number of carbonyl (C=O) groups excluding carboxylic acids is 1. The van der Waals surface area contributed by atoms with Crippen LogP contribution in [-0.2, 0) is 10.2 Å². The van der Waals surface area contributed by atoms with E-state index < -0.39 is 19.7 Å². The number of halogens is 1. The van der Waals surface area contributed by atoms with Gasteiger partial charge in [-0.05, 0) is 54.1 Å². The first kappa shape index (κ1) is 28.7. The first-order chi connectivity index (χ1) is 19.7. The number of nitrogens with zero attached hydrogens (tertiary/aromatic N) is 2.